The molecule has 1 amide bonds. The minimum Gasteiger partial charge on any atom is -0.349 e. The van der Waals surface area contributed by atoms with Gasteiger partial charge in [0.25, 0.3) is 11.5 Å². The van der Waals surface area contributed by atoms with Gasteiger partial charge in [0.15, 0.2) is 0 Å². The Balaban J connectivity index is 1.91. The van der Waals surface area contributed by atoms with E-state index in [0.29, 0.717) is 6.54 Å². The number of carbonyl (C=O) groups is 1. The summed E-state index contributed by atoms with van der Waals surface area (Å²) in [5.74, 6) is -0.286. The number of carbonyl (C=O) groups excluding carboxylic acids is 1. The third-order valence-electron chi connectivity index (χ3n) is 3.41. The first kappa shape index (κ1) is 14.1. The second-order valence-corrected chi connectivity index (χ2v) is 6.15. The lowest BCUT2D eigenvalue weighted by atomic mass is 10.2. The van der Waals surface area contributed by atoms with E-state index in [1.807, 2.05) is 30.3 Å². The van der Waals surface area contributed by atoms with Crippen LogP contribution in [0.1, 0.15) is 28.8 Å². The minimum absolute atomic E-state index is 0.187. The van der Waals surface area contributed by atoms with Crippen molar-refractivity contribution in [2.75, 3.05) is 0 Å². The molecule has 1 aromatic heterocycles. The van der Waals surface area contributed by atoms with E-state index < -0.39 is 0 Å². The van der Waals surface area contributed by atoms with Gasteiger partial charge in [-0.15, -0.1) is 0 Å². The van der Waals surface area contributed by atoms with Crippen LogP contribution in [0, 0.1) is 0 Å². The van der Waals surface area contributed by atoms with Gasteiger partial charge < -0.3 is 9.88 Å². The molecule has 1 heterocycles. The van der Waals surface area contributed by atoms with Crippen molar-refractivity contribution < 1.29 is 4.79 Å². The maximum absolute atomic E-state index is 12.5. The van der Waals surface area contributed by atoms with E-state index in [4.69, 9.17) is 0 Å². The van der Waals surface area contributed by atoms with Crippen molar-refractivity contribution in [3.8, 4) is 0 Å². The number of rotatable bonds is 4. The Morgan fingerprint density at radius 2 is 2.00 bits per heavy atom. The van der Waals surface area contributed by atoms with Gasteiger partial charge in [-0.2, -0.15) is 0 Å². The third-order valence-corrected chi connectivity index (χ3v) is 3.84. The summed E-state index contributed by atoms with van der Waals surface area (Å²) >= 11 is 3.37. The van der Waals surface area contributed by atoms with Crippen LogP contribution < -0.4 is 10.9 Å². The van der Waals surface area contributed by atoms with E-state index in [2.05, 4.69) is 21.2 Å². The highest BCUT2D eigenvalue weighted by atomic mass is 79.9. The molecule has 4 nitrogen and oxygen atoms in total. The van der Waals surface area contributed by atoms with Gasteiger partial charge in [0.05, 0.1) is 6.54 Å². The van der Waals surface area contributed by atoms with Crippen LogP contribution in [0.5, 0.6) is 0 Å². The van der Waals surface area contributed by atoms with Crippen molar-refractivity contribution in [2.45, 2.75) is 25.4 Å². The molecule has 0 saturated heterocycles. The van der Waals surface area contributed by atoms with Crippen LogP contribution in [0.2, 0.25) is 0 Å². The molecule has 1 N–H and O–H groups in total. The fraction of sp³-hybridized carbons (Fsp3) is 0.250. The highest BCUT2D eigenvalue weighted by molar-refractivity contribution is 9.10. The Kier molecular flexibility index (Phi) is 3.92. The lowest BCUT2D eigenvalue weighted by Gasteiger charge is -2.10. The number of hydrogen-bond donors (Lipinski definition) is 1. The van der Waals surface area contributed by atoms with E-state index in [0.717, 1.165) is 22.9 Å². The molecule has 1 fully saturated rings. The summed E-state index contributed by atoms with van der Waals surface area (Å²) in [5, 5.41) is 2.86. The quantitative estimate of drug-likeness (QED) is 0.924. The summed E-state index contributed by atoms with van der Waals surface area (Å²) < 4.78 is 2.28. The van der Waals surface area contributed by atoms with E-state index in [1.54, 1.807) is 16.8 Å². The number of halogens is 1. The van der Waals surface area contributed by atoms with Crippen LogP contribution >= 0.6 is 15.9 Å². The average Bonchev–Trinajstić information content (AvgIpc) is 3.27. The molecule has 5 heteroatoms. The molecule has 0 spiro atoms. The molecule has 1 aliphatic carbocycles. The molecule has 3 rings (SSSR count). The van der Waals surface area contributed by atoms with Crippen molar-refractivity contribution in [2.24, 2.45) is 0 Å². The maximum Gasteiger partial charge on any atom is 0.263 e. The van der Waals surface area contributed by atoms with E-state index in [1.165, 1.54) is 0 Å². The predicted octanol–water partition coefficient (Wildman–Crippen LogP) is 2.55. The molecule has 0 radical (unpaired) electrons. The minimum atomic E-state index is -0.286. The molecule has 21 heavy (non-hydrogen) atoms. The second-order valence-electron chi connectivity index (χ2n) is 5.24. The van der Waals surface area contributed by atoms with Crippen LogP contribution in [0.4, 0.5) is 0 Å². The summed E-state index contributed by atoms with van der Waals surface area (Å²) in [6.45, 7) is 0.447. The van der Waals surface area contributed by atoms with Crippen LogP contribution in [-0.2, 0) is 6.54 Å². The molecule has 0 aliphatic heterocycles. The van der Waals surface area contributed by atoms with Gasteiger partial charge in [0.1, 0.15) is 5.56 Å². The van der Waals surface area contributed by atoms with E-state index >= 15 is 0 Å². The summed E-state index contributed by atoms with van der Waals surface area (Å²) in [5.41, 5.74) is 0.943. The molecule has 2 aromatic rings. The SMILES string of the molecule is O=C(NC1CC1)c1cc(Br)cn(Cc2ccccc2)c1=O. The standard InChI is InChI=1S/C16H15BrN2O2/c17-12-8-14(15(20)18-13-6-7-13)16(21)19(10-12)9-11-4-2-1-3-5-11/h1-5,8,10,13H,6-7,9H2,(H,18,20). The molecule has 1 aliphatic rings. The molecule has 0 atom stereocenters. The van der Waals surface area contributed by atoms with Gasteiger partial charge in [-0.3, -0.25) is 9.59 Å². The number of amides is 1. The Bertz CT molecular complexity index is 721. The normalized spacial score (nSPS) is 14.0. The van der Waals surface area contributed by atoms with Gasteiger partial charge in [-0.25, -0.2) is 0 Å². The first-order valence-corrected chi connectivity index (χ1v) is 7.67. The van der Waals surface area contributed by atoms with Crippen molar-refractivity contribution >= 4 is 21.8 Å². The van der Waals surface area contributed by atoms with Gasteiger partial charge in [0.2, 0.25) is 0 Å². The van der Waals surface area contributed by atoms with Crippen molar-refractivity contribution in [1.29, 1.82) is 0 Å². The van der Waals surface area contributed by atoms with Gasteiger partial charge in [0, 0.05) is 16.7 Å². The maximum atomic E-state index is 12.5. The fourth-order valence-corrected chi connectivity index (χ4v) is 2.63. The second kappa shape index (κ2) is 5.85. The zero-order chi connectivity index (χ0) is 14.8. The summed E-state index contributed by atoms with van der Waals surface area (Å²) in [4.78, 5) is 24.6. The molecule has 108 valence electrons. The van der Waals surface area contributed by atoms with Crippen molar-refractivity contribution in [1.82, 2.24) is 9.88 Å². The molecular weight excluding hydrogens is 332 g/mol. The van der Waals surface area contributed by atoms with E-state index in [-0.39, 0.29) is 23.1 Å². The predicted molar refractivity (Wildman–Crippen MR) is 84.4 cm³/mol. The smallest absolute Gasteiger partial charge is 0.263 e. The van der Waals surface area contributed by atoms with E-state index in [9.17, 15) is 9.59 Å². The average molecular weight is 347 g/mol. The number of pyridine rings is 1. The number of hydrogen-bond acceptors (Lipinski definition) is 2. The van der Waals surface area contributed by atoms with Crippen LogP contribution in [0.3, 0.4) is 0 Å². The molecule has 1 aromatic carbocycles. The largest absolute Gasteiger partial charge is 0.349 e. The Morgan fingerprint density at radius 1 is 1.29 bits per heavy atom. The van der Waals surface area contributed by atoms with Crippen molar-refractivity contribution in [3.05, 3.63) is 68.5 Å². The summed E-state index contributed by atoms with van der Waals surface area (Å²) in [7, 11) is 0. The monoisotopic (exact) mass is 346 g/mol. The zero-order valence-corrected chi connectivity index (χ0v) is 13.0. The first-order valence-electron chi connectivity index (χ1n) is 6.88. The molecule has 0 bridgehead atoms. The number of nitrogens with zero attached hydrogens (tertiary/aromatic N) is 1. The number of nitrogens with one attached hydrogen (secondary N) is 1. The van der Waals surface area contributed by atoms with Crippen molar-refractivity contribution in [3.63, 3.8) is 0 Å². The fourth-order valence-electron chi connectivity index (χ4n) is 2.15. The number of benzene rings is 1. The topological polar surface area (TPSA) is 51.1 Å². The lowest BCUT2D eigenvalue weighted by Crippen LogP contribution is -2.34. The Morgan fingerprint density at radius 3 is 2.67 bits per heavy atom. The third kappa shape index (κ3) is 3.42. The Labute approximate surface area is 130 Å². The van der Waals surface area contributed by atoms with Crippen LogP contribution in [0.15, 0.2) is 51.9 Å². The highest BCUT2D eigenvalue weighted by Crippen LogP contribution is 2.19. The molecular formula is C16H15BrN2O2. The van der Waals surface area contributed by atoms with Gasteiger partial charge >= 0.3 is 0 Å². The summed E-state index contributed by atoms with van der Waals surface area (Å²) in [6, 6.07) is 11.5. The van der Waals surface area contributed by atoms with Crippen LogP contribution in [0.25, 0.3) is 0 Å². The molecule has 1 saturated carbocycles. The highest BCUT2D eigenvalue weighted by Gasteiger charge is 2.25. The van der Waals surface area contributed by atoms with Gasteiger partial charge in [-0.1, -0.05) is 30.3 Å². The first-order chi connectivity index (χ1) is 10.1. The zero-order valence-electron chi connectivity index (χ0n) is 11.4. The van der Waals surface area contributed by atoms with Crippen LogP contribution in [-0.4, -0.2) is 16.5 Å². The Hall–Kier alpha value is -1.88. The number of aromatic nitrogens is 1. The molecule has 0 unspecified atom stereocenters. The summed E-state index contributed by atoms with van der Waals surface area (Å²) in [6.07, 6.45) is 3.71. The van der Waals surface area contributed by atoms with Gasteiger partial charge in [-0.05, 0) is 40.4 Å². The lowest BCUT2D eigenvalue weighted by molar-refractivity contribution is 0.0949.